The topological polar surface area (TPSA) is 59.1 Å². The molecule has 18 heavy (non-hydrogen) atoms. The molecule has 7 heteroatoms. The summed E-state index contributed by atoms with van der Waals surface area (Å²) in [7, 11) is -3.87. The SMILES string of the molecule is O=S(=O)(Nc1cccc(F)c1)c1cccnc1Cl. The van der Waals surface area contributed by atoms with E-state index < -0.39 is 15.8 Å². The van der Waals surface area contributed by atoms with Gasteiger partial charge in [0.05, 0.1) is 5.69 Å². The van der Waals surface area contributed by atoms with Crippen LogP contribution in [0.25, 0.3) is 0 Å². The fraction of sp³-hybridized carbons (Fsp3) is 0. The van der Waals surface area contributed by atoms with Gasteiger partial charge in [-0.1, -0.05) is 17.7 Å². The van der Waals surface area contributed by atoms with Gasteiger partial charge in [-0.05, 0) is 30.3 Å². The summed E-state index contributed by atoms with van der Waals surface area (Å²) in [6.45, 7) is 0. The van der Waals surface area contributed by atoms with E-state index in [9.17, 15) is 12.8 Å². The van der Waals surface area contributed by atoms with E-state index in [1.165, 1.54) is 36.5 Å². The largest absolute Gasteiger partial charge is 0.279 e. The highest BCUT2D eigenvalue weighted by atomic mass is 35.5. The number of pyridine rings is 1. The maximum Gasteiger partial charge on any atom is 0.264 e. The quantitative estimate of drug-likeness (QED) is 0.883. The van der Waals surface area contributed by atoms with Crippen molar-refractivity contribution < 1.29 is 12.8 Å². The third-order valence-corrected chi connectivity index (χ3v) is 3.92. The second kappa shape index (κ2) is 4.91. The van der Waals surface area contributed by atoms with Crippen LogP contribution in [0.2, 0.25) is 5.15 Å². The Hall–Kier alpha value is -1.66. The molecule has 0 aliphatic heterocycles. The Morgan fingerprint density at radius 1 is 1.22 bits per heavy atom. The number of rotatable bonds is 3. The number of sulfonamides is 1. The number of halogens is 2. The van der Waals surface area contributed by atoms with E-state index in [-0.39, 0.29) is 15.7 Å². The van der Waals surface area contributed by atoms with E-state index in [1.807, 2.05) is 0 Å². The van der Waals surface area contributed by atoms with Gasteiger partial charge in [0.25, 0.3) is 10.0 Å². The Morgan fingerprint density at radius 2 is 2.00 bits per heavy atom. The molecule has 2 rings (SSSR count). The first-order valence-electron chi connectivity index (χ1n) is 4.88. The van der Waals surface area contributed by atoms with Crippen molar-refractivity contribution in [2.75, 3.05) is 4.72 Å². The Labute approximate surface area is 108 Å². The lowest BCUT2D eigenvalue weighted by Crippen LogP contribution is -2.13. The van der Waals surface area contributed by atoms with Crippen LogP contribution < -0.4 is 4.72 Å². The Kier molecular flexibility index (Phi) is 3.49. The minimum atomic E-state index is -3.87. The van der Waals surface area contributed by atoms with Gasteiger partial charge in [0, 0.05) is 6.20 Å². The van der Waals surface area contributed by atoms with Gasteiger partial charge in [-0.15, -0.1) is 0 Å². The zero-order valence-corrected chi connectivity index (χ0v) is 10.5. The van der Waals surface area contributed by atoms with Crippen LogP contribution in [-0.4, -0.2) is 13.4 Å². The van der Waals surface area contributed by atoms with Crippen molar-refractivity contribution in [3.8, 4) is 0 Å². The summed E-state index contributed by atoms with van der Waals surface area (Å²) in [5, 5.41) is -0.138. The van der Waals surface area contributed by atoms with E-state index in [2.05, 4.69) is 9.71 Å². The number of anilines is 1. The molecule has 0 saturated carbocycles. The van der Waals surface area contributed by atoms with Gasteiger partial charge in [0.2, 0.25) is 0 Å². The second-order valence-corrected chi connectivity index (χ2v) is 5.42. The Morgan fingerprint density at radius 3 is 2.67 bits per heavy atom. The third kappa shape index (κ3) is 2.77. The highest BCUT2D eigenvalue weighted by Gasteiger charge is 2.18. The molecule has 1 heterocycles. The Balaban J connectivity index is 2.37. The van der Waals surface area contributed by atoms with Crippen LogP contribution in [0.5, 0.6) is 0 Å². The number of hydrogen-bond donors (Lipinski definition) is 1. The van der Waals surface area contributed by atoms with Crippen LogP contribution in [0, 0.1) is 5.82 Å². The molecule has 1 aromatic carbocycles. The van der Waals surface area contributed by atoms with Crippen molar-refractivity contribution >= 4 is 27.3 Å². The lowest BCUT2D eigenvalue weighted by molar-refractivity contribution is 0.600. The van der Waals surface area contributed by atoms with E-state index in [1.54, 1.807) is 0 Å². The maximum atomic E-state index is 13.0. The molecular weight excluding hydrogens is 279 g/mol. The summed E-state index contributed by atoms with van der Waals surface area (Å²) in [5.74, 6) is -0.535. The molecule has 2 aromatic rings. The predicted molar refractivity (Wildman–Crippen MR) is 66.5 cm³/mol. The molecule has 0 saturated heterocycles. The fourth-order valence-electron chi connectivity index (χ4n) is 1.33. The molecule has 94 valence electrons. The van der Waals surface area contributed by atoms with Crippen molar-refractivity contribution in [3.63, 3.8) is 0 Å². The monoisotopic (exact) mass is 286 g/mol. The standard InChI is InChI=1S/C11H8ClFN2O2S/c12-11-10(5-2-6-14-11)18(16,17)15-9-4-1-3-8(13)7-9/h1-7,15H. The number of nitrogens with one attached hydrogen (secondary N) is 1. The summed E-state index contributed by atoms with van der Waals surface area (Å²) < 4.78 is 39.1. The molecule has 0 unspecified atom stereocenters. The van der Waals surface area contributed by atoms with Gasteiger partial charge >= 0.3 is 0 Å². The normalized spacial score (nSPS) is 11.2. The maximum absolute atomic E-state index is 13.0. The van der Waals surface area contributed by atoms with Crippen LogP contribution in [0.15, 0.2) is 47.5 Å². The van der Waals surface area contributed by atoms with Crippen molar-refractivity contribution in [1.29, 1.82) is 0 Å². The molecule has 1 aromatic heterocycles. The summed E-state index contributed by atoms with van der Waals surface area (Å²) >= 11 is 5.70. The molecule has 0 spiro atoms. The summed E-state index contributed by atoms with van der Waals surface area (Å²) in [6, 6.07) is 7.89. The number of nitrogens with zero attached hydrogens (tertiary/aromatic N) is 1. The molecule has 4 nitrogen and oxygen atoms in total. The van der Waals surface area contributed by atoms with Crippen molar-refractivity contribution in [3.05, 3.63) is 53.6 Å². The first-order valence-corrected chi connectivity index (χ1v) is 6.74. The van der Waals surface area contributed by atoms with E-state index in [0.29, 0.717) is 0 Å². The van der Waals surface area contributed by atoms with Gasteiger partial charge in [-0.25, -0.2) is 17.8 Å². The zero-order chi connectivity index (χ0) is 13.2. The molecular formula is C11H8ClFN2O2S. The second-order valence-electron chi connectivity index (χ2n) is 3.41. The highest BCUT2D eigenvalue weighted by Crippen LogP contribution is 2.21. The first kappa shape index (κ1) is 12.8. The number of aromatic nitrogens is 1. The smallest absolute Gasteiger partial charge is 0.264 e. The molecule has 0 radical (unpaired) electrons. The van der Waals surface area contributed by atoms with Crippen LogP contribution in [0.1, 0.15) is 0 Å². The van der Waals surface area contributed by atoms with Crippen molar-refractivity contribution in [2.24, 2.45) is 0 Å². The highest BCUT2D eigenvalue weighted by molar-refractivity contribution is 7.92. The number of benzene rings is 1. The minimum Gasteiger partial charge on any atom is -0.279 e. The van der Waals surface area contributed by atoms with Gasteiger partial charge in [-0.3, -0.25) is 4.72 Å². The van der Waals surface area contributed by atoms with Crippen molar-refractivity contribution in [1.82, 2.24) is 4.98 Å². The van der Waals surface area contributed by atoms with Crippen LogP contribution in [0.3, 0.4) is 0 Å². The van der Waals surface area contributed by atoms with E-state index in [0.717, 1.165) is 6.07 Å². The first-order chi connectivity index (χ1) is 8.49. The van der Waals surface area contributed by atoms with E-state index >= 15 is 0 Å². The molecule has 0 fully saturated rings. The van der Waals surface area contributed by atoms with Gasteiger partial charge in [0.15, 0.2) is 0 Å². The lowest BCUT2D eigenvalue weighted by atomic mass is 10.3. The molecule has 0 bridgehead atoms. The van der Waals surface area contributed by atoms with Crippen LogP contribution in [0.4, 0.5) is 10.1 Å². The van der Waals surface area contributed by atoms with E-state index in [4.69, 9.17) is 11.6 Å². The molecule has 0 amide bonds. The number of hydrogen-bond acceptors (Lipinski definition) is 3. The summed E-state index contributed by atoms with van der Waals surface area (Å²) in [5.41, 5.74) is 0.120. The molecule has 0 atom stereocenters. The third-order valence-electron chi connectivity index (χ3n) is 2.09. The summed E-state index contributed by atoms with van der Waals surface area (Å²) in [4.78, 5) is 3.52. The van der Waals surface area contributed by atoms with Crippen molar-refractivity contribution in [2.45, 2.75) is 4.90 Å². The predicted octanol–water partition coefficient (Wildman–Crippen LogP) is 2.67. The molecule has 0 aliphatic carbocycles. The Bertz CT molecular complexity index is 676. The molecule has 1 N–H and O–H groups in total. The lowest BCUT2D eigenvalue weighted by Gasteiger charge is -2.08. The van der Waals surface area contributed by atoms with Crippen LogP contribution >= 0.6 is 11.6 Å². The zero-order valence-electron chi connectivity index (χ0n) is 8.97. The average Bonchev–Trinajstić information content (AvgIpc) is 2.28. The fourth-order valence-corrected chi connectivity index (χ4v) is 2.84. The summed E-state index contributed by atoms with van der Waals surface area (Å²) in [6.07, 6.45) is 1.38. The average molecular weight is 287 g/mol. The molecule has 0 aliphatic rings. The minimum absolute atomic E-state index is 0.120. The van der Waals surface area contributed by atoms with Gasteiger partial charge < -0.3 is 0 Å². The van der Waals surface area contributed by atoms with Gasteiger partial charge in [-0.2, -0.15) is 0 Å². The van der Waals surface area contributed by atoms with Crippen LogP contribution in [-0.2, 0) is 10.0 Å². The van der Waals surface area contributed by atoms with Gasteiger partial charge in [0.1, 0.15) is 15.9 Å².